The summed E-state index contributed by atoms with van der Waals surface area (Å²) < 4.78 is 0. The molecule has 2 heterocycles. The number of aryl methyl sites for hydroxylation is 2. The molecular formula is C22H24N4O. The summed E-state index contributed by atoms with van der Waals surface area (Å²) in [4.78, 5) is 22.7. The Morgan fingerprint density at radius 3 is 2.59 bits per heavy atom. The lowest BCUT2D eigenvalue weighted by molar-refractivity contribution is 0.0791. The van der Waals surface area contributed by atoms with E-state index >= 15 is 0 Å². The Hall–Kier alpha value is -3.21. The van der Waals surface area contributed by atoms with Gasteiger partial charge in [-0.1, -0.05) is 12.1 Å². The molecule has 1 aromatic carbocycles. The summed E-state index contributed by atoms with van der Waals surface area (Å²) >= 11 is 0. The van der Waals surface area contributed by atoms with Crippen LogP contribution in [0, 0.1) is 13.8 Å². The molecule has 0 saturated heterocycles. The van der Waals surface area contributed by atoms with Crippen LogP contribution in [-0.2, 0) is 6.42 Å². The lowest BCUT2D eigenvalue weighted by Crippen LogP contribution is -2.29. The van der Waals surface area contributed by atoms with E-state index < -0.39 is 0 Å². The number of pyridine rings is 2. The van der Waals surface area contributed by atoms with Crippen molar-refractivity contribution in [2.45, 2.75) is 20.3 Å². The molecule has 27 heavy (non-hydrogen) atoms. The molecule has 0 aliphatic rings. The molecule has 1 amide bonds. The lowest BCUT2D eigenvalue weighted by atomic mass is 10.1. The van der Waals surface area contributed by atoms with Gasteiger partial charge in [0.15, 0.2) is 0 Å². The van der Waals surface area contributed by atoms with E-state index in [1.54, 1.807) is 36.6 Å². The molecule has 0 saturated carbocycles. The number of carbonyl (C=O) groups is 1. The molecule has 1 N–H and O–H groups in total. The molecule has 0 atom stereocenters. The molecule has 0 spiro atoms. The molecule has 0 unspecified atom stereocenters. The van der Waals surface area contributed by atoms with Gasteiger partial charge in [-0.15, -0.1) is 0 Å². The molecule has 138 valence electrons. The molecule has 3 aromatic rings. The highest BCUT2D eigenvalue weighted by Gasteiger charge is 2.14. The van der Waals surface area contributed by atoms with Crippen molar-refractivity contribution in [2.24, 2.45) is 0 Å². The van der Waals surface area contributed by atoms with Crippen molar-refractivity contribution in [3.63, 3.8) is 0 Å². The first-order chi connectivity index (χ1) is 13.0. The topological polar surface area (TPSA) is 58.1 Å². The van der Waals surface area contributed by atoms with Gasteiger partial charge in [-0.3, -0.25) is 14.8 Å². The zero-order valence-electron chi connectivity index (χ0n) is 15.9. The minimum Gasteiger partial charge on any atom is -0.355 e. The van der Waals surface area contributed by atoms with Crippen LogP contribution in [0.5, 0.6) is 0 Å². The summed E-state index contributed by atoms with van der Waals surface area (Å²) in [5.41, 5.74) is 5.81. The second kappa shape index (κ2) is 8.45. The number of hydrogen-bond donors (Lipinski definition) is 1. The predicted molar refractivity (Wildman–Crippen MR) is 108 cm³/mol. The first-order valence-corrected chi connectivity index (χ1v) is 8.97. The second-order valence-electron chi connectivity index (χ2n) is 6.71. The molecule has 0 aliphatic heterocycles. The highest BCUT2D eigenvalue weighted by Crippen LogP contribution is 2.22. The van der Waals surface area contributed by atoms with Crippen LogP contribution in [0.4, 0.5) is 11.4 Å². The lowest BCUT2D eigenvalue weighted by Gasteiger charge is -2.17. The second-order valence-corrected chi connectivity index (χ2v) is 6.71. The fourth-order valence-electron chi connectivity index (χ4n) is 2.79. The van der Waals surface area contributed by atoms with Crippen LogP contribution < -0.4 is 5.32 Å². The third-order valence-electron chi connectivity index (χ3n) is 4.48. The summed E-state index contributed by atoms with van der Waals surface area (Å²) in [6, 6.07) is 13.9. The number of carbonyl (C=O) groups excluding carboxylic acids is 1. The third kappa shape index (κ3) is 4.91. The average Bonchev–Trinajstić information content (AvgIpc) is 2.69. The first kappa shape index (κ1) is 18.6. The Labute approximate surface area is 160 Å². The molecule has 5 heteroatoms. The maximum Gasteiger partial charge on any atom is 0.272 e. The van der Waals surface area contributed by atoms with E-state index in [2.05, 4.69) is 47.3 Å². The van der Waals surface area contributed by atoms with Crippen LogP contribution in [-0.4, -0.2) is 34.4 Å². The van der Waals surface area contributed by atoms with Gasteiger partial charge in [0.05, 0.1) is 0 Å². The maximum atomic E-state index is 12.7. The zero-order valence-corrected chi connectivity index (χ0v) is 15.9. The number of amides is 1. The van der Waals surface area contributed by atoms with E-state index in [1.165, 1.54) is 5.56 Å². The first-order valence-electron chi connectivity index (χ1n) is 8.97. The van der Waals surface area contributed by atoms with Gasteiger partial charge in [-0.25, -0.2) is 0 Å². The van der Waals surface area contributed by atoms with Gasteiger partial charge in [-0.05, 0) is 67.3 Å². The van der Waals surface area contributed by atoms with Gasteiger partial charge in [0.2, 0.25) is 0 Å². The van der Waals surface area contributed by atoms with Crippen LogP contribution in [0.3, 0.4) is 0 Å². The Morgan fingerprint density at radius 1 is 1.04 bits per heavy atom. The molecular weight excluding hydrogens is 336 g/mol. The smallest absolute Gasteiger partial charge is 0.272 e. The van der Waals surface area contributed by atoms with Gasteiger partial charge >= 0.3 is 0 Å². The Kier molecular flexibility index (Phi) is 5.81. The monoisotopic (exact) mass is 360 g/mol. The van der Waals surface area contributed by atoms with E-state index in [4.69, 9.17) is 0 Å². The van der Waals surface area contributed by atoms with E-state index in [-0.39, 0.29) is 5.91 Å². The molecule has 0 radical (unpaired) electrons. The van der Waals surface area contributed by atoms with Crippen LogP contribution >= 0.6 is 0 Å². The minimum absolute atomic E-state index is 0.0892. The number of benzene rings is 1. The van der Waals surface area contributed by atoms with Gasteiger partial charge in [0, 0.05) is 43.6 Å². The van der Waals surface area contributed by atoms with Crippen molar-refractivity contribution < 1.29 is 4.79 Å². The number of nitrogens with one attached hydrogen (secondary N) is 1. The van der Waals surface area contributed by atoms with Crippen molar-refractivity contribution in [1.29, 1.82) is 0 Å². The molecule has 0 fully saturated rings. The summed E-state index contributed by atoms with van der Waals surface area (Å²) in [7, 11) is 1.80. The fraction of sp³-hybridized carbons (Fsp3) is 0.227. The third-order valence-corrected chi connectivity index (χ3v) is 4.48. The highest BCUT2D eigenvalue weighted by atomic mass is 16.2. The number of hydrogen-bond acceptors (Lipinski definition) is 4. The van der Waals surface area contributed by atoms with E-state index in [0.717, 1.165) is 28.9 Å². The molecule has 3 rings (SSSR count). The predicted octanol–water partition coefficient (Wildman–Crippen LogP) is 4.15. The molecule has 0 bridgehead atoms. The van der Waals surface area contributed by atoms with Gasteiger partial charge in [0.25, 0.3) is 5.91 Å². The fourth-order valence-corrected chi connectivity index (χ4v) is 2.79. The number of likely N-dealkylation sites (N-methyl/N-ethyl adjacent to an activating group) is 1. The minimum atomic E-state index is -0.0892. The SMILES string of the molecule is Cc1ccc(C)c(Nc2ccnc(C(=O)N(C)CCc3ccncc3)c2)c1. The number of nitrogens with zero attached hydrogens (tertiary/aromatic N) is 3. The normalized spacial score (nSPS) is 10.5. The maximum absolute atomic E-state index is 12.7. The van der Waals surface area contributed by atoms with E-state index in [0.29, 0.717) is 12.2 Å². The Balaban J connectivity index is 1.68. The Morgan fingerprint density at radius 2 is 1.81 bits per heavy atom. The number of aromatic nitrogens is 2. The number of rotatable bonds is 6. The standard InChI is InChI=1S/C22H24N4O/c1-16-4-5-17(2)20(14-16)25-19-8-12-24-21(15-19)22(27)26(3)13-9-18-6-10-23-11-7-18/h4-8,10-12,14-15H,9,13H2,1-3H3,(H,24,25). The summed E-state index contributed by atoms with van der Waals surface area (Å²) in [6.07, 6.45) is 5.98. The zero-order chi connectivity index (χ0) is 19.2. The van der Waals surface area contributed by atoms with Crippen molar-refractivity contribution in [3.8, 4) is 0 Å². The Bertz CT molecular complexity index is 925. The van der Waals surface area contributed by atoms with Crippen LogP contribution in [0.1, 0.15) is 27.2 Å². The van der Waals surface area contributed by atoms with Crippen LogP contribution in [0.2, 0.25) is 0 Å². The van der Waals surface area contributed by atoms with Crippen LogP contribution in [0.25, 0.3) is 0 Å². The van der Waals surface area contributed by atoms with Crippen molar-refractivity contribution in [2.75, 3.05) is 18.9 Å². The van der Waals surface area contributed by atoms with Gasteiger partial charge < -0.3 is 10.2 Å². The van der Waals surface area contributed by atoms with E-state index in [9.17, 15) is 4.79 Å². The van der Waals surface area contributed by atoms with Crippen molar-refractivity contribution in [1.82, 2.24) is 14.9 Å². The summed E-state index contributed by atoms with van der Waals surface area (Å²) in [5.74, 6) is -0.0892. The summed E-state index contributed by atoms with van der Waals surface area (Å²) in [5, 5.41) is 3.39. The van der Waals surface area contributed by atoms with Crippen molar-refractivity contribution in [3.05, 3.63) is 83.4 Å². The van der Waals surface area contributed by atoms with Crippen molar-refractivity contribution >= 4 is 17.3 Å². The average molecular weight is 360 g/mol. The molecule has 2 aromatic heterocycles. The quantitative estimate of drug-likeness (QED) is 0.717. The van der Waals surface area contributed by atoms with Gasteiger partial charge in [0.1, 0.15) is 5.69 Å². The van der Waals surface area contributed by atoms with Gasteiger partial charge in [-0.2, -0.15) is 0 Å². The largest absolute Gasteiger partial charge is 0.355 e. The highest BCUT2D eigenvalue weighted by molar-refractivity contribution is 5.93. The van der Waals surface area contributed by atoms with Crippen LogP contribution in [0.15, 0.2) is 61.1 Å². The summed E-state index contributed by atoms with van der Waals surface area (Å²) in [6.45, 7) is 4.74. The molecule has 0 aliphatic carbocycles. The van der Waals surface area contributed by atoms with E-state index in [1.807, 2.05) is 18.2 Å². The number of anilines is 2. The molecule has 5 nitrogen and oxygen atoms in total.